The highest BCUT2D eigenvalue weighted by molar-refractivity contribution is 9.45. The van der Waals surface area contributed by atoms with Gasteiger partial charge in [-0.25, -0.2) is 24.0 Å². The van der Waals surface area contributed by atoms with E-state index in [4.69, 9.17) is 47.0 Å². The monoisotopic (exact) mass is 2620 g/mol. The Kier molecular flexibility index (Phi) is 78.8. The molecule has 0 spiro atoms. The fraction of sp³-hybridized carbons (Fsp3) is 0.515. The molecule has 0 aliphatic heterocycles. The number of nitrogens with one attached hydrogen (secondary N) is 5. The Bertz CT molecular complexity index is 4670. The smallest absolute Gasteiger partial charge is 0.411 e. The first-order valence-corrected chi connectivity index (χ1v) is 86.4. The van der Waals surface area contributed by atoms with Crippen LogP contribution in [-0.2, 0) is 55.5 Å². The zero-order valence-corrected chi connectivity index (χ0v) is 110. The van der Waals surface area contributed by atoms with Gasteiger partial charge in [-0.05, 0) is 325 Å². The summed E-state index contributed by atoms with van der Waals surface area (Å²) >= 11 is 38.4. The first-order chi connectivity index (χ1) is 71.1. The van der Waals surface area contributed by atoms with Crippen molar-refractivity contribution in [2.45, 2.75) is 236 Å². The largest absolute Gasteiger partial charge is 0.449 e. The van der Waals surface area contributed by atoms with Crippen molar-refractivity contribution in [1.29, 1.82) is 0 Å². The summed E-state index contributed by atoms with van der Waals surface area (Å²) in [5.74, 6) is 7.14. The maximum Gasteiger partial charge on any atom is 0.411 e. The van der Waals surface area contributed by atoms with Gasteiger partial charge in [-0.15, -0.1) is 11.7 Å². The van der Waals surface area contributed by atoms with Gasteiger partial charge in [0.2, 0.25) is 0 Å². The Balaban J connectivity index is 0.667. The lowest BCUT2D eigenvalue weighted by Gasteiger charge is -2.37. The highest BCUT2D eigenvalue weighted by Gasteiger charge is 2.40. The quantitative estimate of drug-likeness (QED) is 0.00745. The molecule has 7 unspecified atom stereocenters. The molecule has 0 saturated carbocycles. The van der Waals surface area contributed by atoms with E-state index in [1.807, 2.05) is 213 Å². The molecule has 5 N–H and O–H groups in total. The van der Waals surface area contributed by atoms with Gasteiger partial charge >= 0.3 is 30.5 Å². The van der Waals surface area contributed by atoms with Gasteiger partial charge in [-0.1, -0.05) is 436 Å². The fourth-order valence-corrected chi connectivity index (χ4v) is 57.6. The van der Waals surface area contributed by atoms with Crippen LogP contribution >= 0.6 is 362 Å². The average molecular weight is 2620 g/mol. The van der Waals surface area contributed by atoms with Gasteiger partial charge < -0.3 is 23.7 Å². The third kappa shape index (κ3) is 59.1. The number of thiol groups is 8. The van der Waals surface area contributed by atoms with E-state index in [2.05, 4.69) is 195 Å². The third-order valence-corrected chi connectivity index (χ3v) is 65.3. The second kappa shape index (κ2) is 84.8. The minimum absolute atomic E-state index is 0.0973. The number of unbranched alkanes of at least 4 members (excludes halogenated alkanes) is 18. The van der Waals surface area contributed by atoms with Crippen LogP contribution in [0, 0.1) is 0 Å². The Morgan fingerprint density at radius 2 is 0.644 bits per heavy atom. The molecule has 0 fully saturated rings. The summed E-state index contributed by atoms with van der Waals surface area (Å²) in [6, 6.07) is 58.4. The number of hydrogen-bond acceptors (Lipinski definition) is 44. The van der Waals surface area contributed by atoms with E-state index in [1.54, 1.807) is 112 Å². The number of carbonyl (C=O) groups excluding carboxylic acids is 5. The molecule has 49 heteroatoms. The molecule has 0 aliphatic rings. The van der Waals surface area contributed by atoms with Gasteiger partial charge in [0.05, 0.1) is 52.0 Å². The number of rotatable bonds is 83. The Morgan fingerprint density at radius 3 is 1.06 bits per heavy atom. The van der Waals surface area contributed by atoms with Crippen LogP contribution in [0.3, 0.4) is 0 Å². The van der Waals surface area contributed by atoms with Crippen LogP contribution in [0.2, 0.25) is 0 Å². The molecule has 0 aliphatic carbocycles. The van der Waals surface area contributed by atoms with Crippen molar-refractivity contribution >= 4 is 421 Å². The van der Waals surface area contributed by atoms with Crippen molar-refractivity contribution in [1.82, 2.24) is 0 Å². The topological polar surface area (TPSA) is 192 Å². The number of benzene rings is 7. The maximum absolute atomic E-state index is 12.7. The lowest BCUT2D eigenvalue weighted by molar-refractivity contribution is 0.143. The van der Waals surface area contributed by atoms with E-state index < -0.39 is 30.5 Å². The molecule has 0 aromatic heterocycles. The van der Waals surface area contributed by atoms with Crippen molar-refractivity contribution < 1.29 is 47.7 Å². The van der Waals surface area contributed by atoms with Gasteiger partial charge in [0.25, 0.3) is 0 Å². The van der Waals surface area contributed by atoms with E-state index >= 15 is 0 Å². The van der Waals surface area contributed by atoms with Crippen molar-refractivity contribution in [3.8, 4) is 0 Å². The van der Waals surface area contributed by atoms with E-state index in [-0.39, 0.29) is 32.2 Å². The molecule has 0 saturated heterocycles. The number of para-hydroxylation sites is 1. The van der Waals surface area contributed by atoms with E-state index in [1.165, 1.54) is 136 Å². The van der Waals surface area contributed by atoms with Crippen LogP contribution in [0.5, 0.6) is 0 Å². The number of thioether (sulfide) groups is 1. The fourth-order valence-electron chi connectivity index (χ4n) is 14.8. The molecule has 7 aromatic carbocycles. The predicted molar refractivity (Wildman–Crippen MR) is 725 cm³/mol. The molecule has 5 amide bonds. The first kappa shape index (κ1) is 136. The average Bonchev–Trinajstić information content (AvgIpc) is 0.769. The van der Waals surface area contributed by atoms with Crippen LogP contribution in [0.1, 0.15) is 233 Å². The number of hydrogen-bond donors (Lipinski definition) is 13. The highest BCUT2D eigenvalue weighted by Crippen LogP contribution is 2.59. The minimum atomic E-state index is -0.571. The van der Waals surface area contributed by atoms with Crippen molar-refractivity contribution in [2.75, 3.05) is 99.9 Å². The molecule has 15 nitrogen and oxygen atoms in total. The summed E-state index contributed by atoms with van der Waals surface area (Å²) in [6.45, 7) is 10.9. The molecule has 0 heterocycles. The summed E-state index contributed by atoms with van der Waals surface area (Å²) in [7, 11) is 43.8. The van der Waals surface area contributed by atoms with Crippen LogP contribution < -0.4 is 26.6 Å². The molecular formula is C97H135N5O10S34. The third-order valence-electron chi connectivity index (χ3n) is 22.9. The summed E-state index contributed by atoms with van der Waals surface area (Å²) in [5.41, 5.74) is 12.8. The van der Waals surface area contributed by atoms with Crippen LogP contribution in [0.25, 0.3) is 0 Å². The Hall–Kier alpha value is 2.79. The minimum Gasteiger partial charge on any atom is -0.449 e. The molecule has 7 rings (SSSR count). The lowest BCUT2D eigenvalue weighted by Crippen LogP contribution is -2.31. The van der Waals surface area contributed by atoms with Crippen LogP contribution in [0.4, 0.5) is 52.4 Å². The van der Waals surface area contributed by atoms with Crippen LogP contribution in [-0.4, -0.2) is 120 Å². The molecule has 7 atom stereocenters. The standard InChI is InChI=1S/C97H135N5O10S34/c1-94(130-113,77-32-30-33-78(66-77)96(3,72-127-135-115)132-142-143-139-119)70-121-86(68-125-141-145-146-144-140-120)38-22-13-7-5-10-16-25-58-109-90(104)99-82-49-41-73(42-50-82)64-75-45-53-84(54-46-75)101-92(106)111-60-28-29-61-112-93(107)102-85-55-47-76(48-56-85)65-74-43-51-83(52-44-74)100-91(105)110-59-26-17-11-6-8-14-23-39-87(128-136-116)69-124-122-62-63-123-129-88(40-24-15-9-12-18-27-57-108-89(103)98-81-36-20-19-21-37-81)97(4,133-138-118)80-35-31-34-79(67-80)95(2,131-137-117)71-126-134-114/h19-21,30-37,41-56,66-67,86-88,113-120H,5-18,22-29,38-40,57-65,68-72H2,1-4H3,(H,98,103)(H,99,104)(H,100,105)(H,101,106)(H,102,107). The number of ether oxygens (including phenoxy) is 5. The zero-order valence-electron chi connectivity index (χ0n) is 81.8. The number of anilines is 5. The van der Waals surface area contributed by atoms with E-state index in [0.717, 1.165) is 152 Å². The lowest BCUT2D eigenvalue weighted by atomic mass is 9.89. The summed E-state index contributed by atoms with van der Waals surface area (Å²) < 4.78 is 26.8. The molecule has 812 valence electrons. The second-order valence-corrected chi connectivity index (χ2v) is 76.4. The van der Waals surface area contributed by atoms with Gasteiger partial charge in [0, 0.05) is 84.5 Å². The zero-order chi connectivity index (χ0) is 105. The van der Waals surface area contributed by atoms with Crippen molar-refractivity contribution in [3.05, 3.63) is 220 Å². The molecule has 7 aromatic rings. The van der Waals surface area contributed by atoms with Crippen molar-refractivity contribution in [2.24, 2.45) is 0 Å². The normalized spacial score (nSPS) is 13.8. The van der Waals surface area contributed by atoms with Crippen LogP contribution in [0.15, 0.2) is 176 Å². The van der Waals surface area contributed by atoms with Gasteiger partial charge in [0.15, 0.2) is 0 Å². The van der Waals surface area contributed by atoms with E-state index in [9.17, 15) is 24.0 Å². The van der Waals surface area contributed by atoms with Gasteiger partial charge in [-0.2, -0.15) is 11.8 Å². The van der Waals surface area contributed by atoms with Crippen molar-refractivity contribution in [3.63, 3.8) is 0 Å². The van der Waals surface area contributed by atoms with Gasteiger partial charge in [-0.3, -0.25) is 26.6 Å². The van der Waals surface area contributed by atoms with Gasteiger partial charge in [0.1, 0.15) is 0 Å². The molecule has 146 heavy (non-hydrogen) atoms. The SMILES string of the molecule is CC(CSC(CCCCCCCCCOC(=O)Nc1ccc(Cc2ccc(NC(=O)OCCCCOC(=O)Nc3ccc(Cc4ccc(NC(=O)OCCCCCCCCCC(CSSCCSSC(CCCCCCCCOC(=O)Nc5ccccc5)C(C)(SSS)c5cccc(C(C)(CSSS)SSS)c5)SSS)cc4)cc3)cc2)cc1)CSSSSSSS)(SS)c1cccc(C(C)(CSSS)SSSSS)c1. The summed E-state index contributed by atoms with van der Waals surface area (Å²) in [4.78, 5) is 63.0. The summed E-state index contributed by atoms with van der Waals surface area (Å²) in [5, 5.41) is 15.5. The second-order valence-electron chi connectivity index (χ2n) is 34.2. The number of amides is 5. The first-order valence-electron chi connectivity index (χ1n) is 47.6. The maximum atomic E-state index is 12.7. The Labute approximate surface area is 1010 Å². The highest BCUT2D eigenvalue weighted by atomic mass is 33.9. The van der Waals surface area contributed by atoms with E-state index in [0.29, 0.717) is 84.0 Å². The Morgan fingerprint density at radius 1 is 0.288 bits per heavy atom. The molecular weight excluding hydrogens is 2490 g/mol. The molecule has 0 radical (unpaired) electrons. The predicted octanol–water partition coefficient (Wildman–Crippen LogP) is 42.7. The summed E-state index contributed by atoms with van der Waals surface area (Å²) in [6.07, 6.45) is 25.3. The molecule has 0 bridgehead atoms. The number of carbonyl (C=O) groups is 5.